The normalized spacial score (nSPS) is 27.4. The number of non-ortho nitro benzene ring substituents is 1. The van der Waals surface area contributed by atoms with Crippen LogP contribution in [0.4, 0.5) is 5.69 Å². The lowest BCUT2D eigenvalue weighted by atomic mass is 9.99. The molecule has 4 rings (SSSR count). The second-order valence-electron chi connectivity index (χ2n) is 6.62. The Morgan fingerprint density at radius 2 is 2.11 bits per heavy atom. The van der Waals surface area contributed by atoms with Gasteiger partial charge in [0.25, 0.3) is 5.69 Å². The quantitative estimate of drug-likeness (QED) is 0.620. The third kappa shape index (κ3) is 3.20. The number of hydrogen-bond acceptors (Lipinski definition) is 8. The molecule has 2 N–H and O–H groups in total. The van der Waals surface area contributed by atoms with E-state index in [0.717, 1.165) is 5.56 Å². The van der Waals surface area contributed by atoms with Crippen molar-refractivity contribution < 1.29 is 29.1 Å². The van der Waals surface area contributed by atoms with Gasteiger partial charge in [-0.05, 0) is 13.0 Å². The maximum absolute atomic E-state index is 11.0. The molecule has 4 atom stereocenters. The number of nitro groups is 1. The minimum atomic E-state index is -1.05. The van der Waals surface area contributed by atoms with Gasteiger partial charge < -0.3 is 24.2 Å². The van der Waals surface area contributed by atoms with Gasteiger partial charge in [-0.3, -0.25) is 10.1 Å². The first-order valence-corrected chi connectivity index (χ1v) is 8.49. The standard InChI is InChI=1S/C18H18N2O7/c1-9-12(6-16(26-9)18-17(22)14(21)8-25-18)13-7-15(27-19-13)10-3-2-4-11(5-10)20(23)24/h2-6,14-15,17-18,21-22H,7-8H2,1H3/t14-,15?,17-,18+/m1/s1. The maximum atomic E-state index is 11.0. The zero-order valence-corrected chi connectivity index (χ0v) is 14.4. The van der Waals surface area contributed by atoms with Gasteiger partial charge in [0.05, 0.1) is 17.2 Å². The minimum Gasteiger partial charge on any atom is -0.463 e. The van der Waals surface area contributed by atoms with E-state index in [4.69, 9.17) is 14.0 Å². The number of nitro benzene ring substituents is 1. The molecular formula is C18H18N2O7. The van der Waals surface area contributed by atoms with Crippen molar-refractivity contribution in [3.05, 3.63) is 63.1 Å². The number of furan rings is 1. The fourth-order valence-electron chi connectivity index (χ4n) is 3.34. The van der Waals surface area contributed by atoms with Crippen LogP contribution < -0.4 is 0 Å². The summed E-state index contributed by atoms with van der Waals surface area (Å²) in [4.78, 5) is 16.0. The molecule has 9 heteroatoms. The second-order valence-corrected chi connectivity index (χ2v) is 6.62. The van der Waals surface area contributed by atoms with Crippen LogP contribution in [-0.4, -0.2) is 39.7 Å². The van der Waals surface area contributed by atoms with Crippen molar-refractivity contribution in [2.24, 2.45) is 5.16 Å². The highest BCUT2D eigenvalue weighted by Crippen LogP contribution is 2.36. The van der Waals surface area contributed by atoms with E-state index in [1.54, 1.807) is 25.1 Å². The third-order valence-electron chi connectivity index (χ3n) is 4.80. The largest absolute Gasteiger partial charge is 0.463 e. The van der Waals surface area contributed by atoms with Crippen molar-refractivity contribution in [2.45, 2.75) is 37.8 Å². The van der Waals surface area contributed by atoms with Gasteiger partial charge in [-0.1, -0.05) is 17.3 Å². The first-order chi connectivity index (χ1) is 12.9. The molecule has 9 nitrogen and oxygen atoms in total. The molecule has 0 saturated carbocycles. The average Bonchev–Trinajstić information content (AvgIpc) is 3.35. The van der Waals surface area contributed by atoms with Crippen LogP contribution in [0, 0.1) is 17.0 Å². The van der Waals surface area contributed by atoms with Gasteiger partial charge in [-0.2, -0.15) is 0 Å². The van der Waals surface area contributed by atoms with Gasteiger partial charge in [0.15, 0.2) is 6.10 Å². The number of benzene rings is 1. The zero-order valence-electron chi connectivity index (χ0n) is 14.4. The fraction of sp³-hybridized carbons (Fsp3) is 0.389. The van der Waals surface area contributed by atoms with Crippen molar-refractivity contribution in [3.8, 4) is 0 Å². The Labute approximate surface area is 154 Å². The Balaban J connectivity index is 1.53. The van der Waals surface area contributed by atoms with E-state index in [2.05, 4.69) is 5.16 Å². The molecule has 3 heterocycles. The Morgan fingerprint density at radius 1 is 1.30 bits per heavy atom. The van der Waals surface area contributed by atoms with Crippen LogP contribution in [0.1, 0.15) is 41.3 Å². The van der Waals surface area contributed by atoms with Crippen molar-refractivity contribution in [2.75, 3.05) is 6.61 Å². The zero-order chi connectivity index (χ0) is 19.1. The fourth-order valence-corrected chi connectivity index (χ4v) is 3.34. The van der Waals surface area contributed by atoms with Gasteiger partial charge in [0.1, 0.15) is 29.8 Å². The minimum absolute atomic E-state index is 0.00254. The van der Waals surface area contributed by atoms with Gasteiger partial charge in [-0.25, -0.2) is 0 Å². The highest BCUT2D eigenvalue weighted by Gasteiger charge is 2.38. The highest BCUT2D eigenvalue weighted by atomic mass is 16.6. The first kappa shape index (κ1) is 17.7. The molecule has 2 aliphatic heterocycles. The van der Waals surface area contributed by atoms with Crippen LogP contribution in [0.25, 0.3) is 0 Å². The number of nitrogens with zero attached hydrogens (tertiary/aromatic N) is 2. The molecule has 1 saturated heterocycles. The summed E-state index contributed by atoms with van der Waals surface area (Å²) in [5.41, 5.74) is 2.03. The van der Waals surface area contributed by atoms with Crippen molar-refractivity contribution in [1.29, 1.82) is 0 Å². The van der Waals surface area contributed by atoms with Crippen molar-refractivity contribution in [1.82, 2.24) is 0 Å². The summed E-state index contributed by atoms with van der Waals surface area (Å²) in [5, 5.41) is 34.7. The van der Waals surface area contributed by atoms with Gasteiger partial charge >= 0.3 is 0 Å². The Kier molecular flexibility index (Phi) is 4.42. The SMILES string of the molecule is Cc1oc([C@@H]2OC[C@@H](O)[C@H]2O)cc1C1=NOC(c2cccc([N+](=O)[O-])c2)C1. The number of aryl methyl sites for hydroxylation is 1. The summed E-state index contributed by atoms with van der Waals surface area (Å²) in [7, 11) is 0. The van der Waals surface area contributed by atoms with Crippen LogP contribution in [0.2, 0.25) is 0 Å². The Hall–Kier alpha value is -2.75. The van der Waals surface area contributed by atoms with Crippen LogP contribution >= 0.6 is 0 Å². The summed E-state index contributed by atoms with van der Waals surface area (Å²) >= 11 is 0. The molecule has 0 aliphatic carbocycles. The Morgan fingerprint density at radius 3 is 2.81 bits per heavy atom. The van der Waals surface area contributed by atoms with E-state index in [1.807, 2.05) is 0 Å². The number of hydrogen-bond donors (Lipinski definition) is 2. The Bertz CT molecular complexity index is 907. The third-order valence-corrected chi connectivity index (χ3v) is 4.80. The lowest BCUT2D eigenvalue weighted by Gasteiger charge is -2.11. The molecular weight excluding hydrogens is 356 g/mol. The van der Waals surface area contributed by atoms with E-state index in [1.165, 1.54) is 12.1 Å². The molecule has 1 fully saturated rings. The lowest BCUT2D eigenvalue weighted by Crippen LogP contribution is -2.24. The van der Waals surface area contributed by atoms with Crippen LogP contribution in [0.5, 0.6) is 0 Å². The second kappa shape index (κ2) is 6.76. The molecule has 142 valence electrons. The topological polar surface area (TPSA) is 128 Å². The molecule has 27 heavy (non-hydrogen) atoms. The number of aliphatic hydroxyl groups excluding tert-OH is 2. The summed E-state index contributed by atoms with van der Waals surface area (Å²) in [6, 6.07) is 7.99. The van der Waals surface area contributed by atoms with E-state index >= 15 is 0 Å². The van der Waals surface area contributed by atoms with Crippen molar-refractivity contribution in [3.63, 3.8) is 0 Å². The predicted molar refractivity (Wildman–Crippen MR) is 92.2 cm³/mol. The van der Waals surface area contributed by atoms with Crippen molar-refractivity contribution >= 4 is 11.4 Å². The molecule has 0 radical (unpaired) electrons. The lowest BCUT2D eigenvalue weighted by molar-refractivity contribution is -0.385. The smallest absolute Gasteiger partial charge is 0.269 e. The number of rotatable bonds is 4. The molecule has 0 bridgehead atoms. The molecule has 0 spiro atoms. The summed E-state index contributed by atoms with van der Waals surface area (Å²) in [5.74, 6) is 0.997. The number of aliphatic hydroxyl groups is 2. The van der Waals surface area contributed by atoms with Gasteiger partial charge in [0, 0.05) is 29.7 Å². The monoisotopic (exact) mass is 374 g/mol. The summed E-state index contributed by atoms with van der Waals surface area (Å²) in [6.07, 6.45) is -2.73. The van der Waals surface area contributed by atoms with Gasteiger partial charge in [0.2, 0.25) is 0 Å². The highest BCUT2D eigenvalue weighted by molar-refractivity contribution is 6.02. The van der Waals surface area contributed by atoms with Crippen LogP contribution in [0.3, 0.4) is 0 Å². The molecule has 2 aromatic rings. The van der Waals surface area contributed by atoms with E-state index in [9.17, 15) is 20.3 Å². The van der Waals surface area contributed by atoms with E-state index in [0.29, 0.717) is 29.2 Å². The first-order valence-electron chi connectivity index (χ1n) is 8.49. The van der Waals surface area contributed by atoms with Crippen LogP contribution in [-0.2, 0) is 9.57 Å². The average molecular weight is 374 g/mol. The van der Waals surface area contributed by atoms with E-state index < -0.39 is 29.3 Å². The predicted octanol–water partition coefficient (Wildman–Crippen LogP) is 2.16. The number of oxime groups is 1. The molecule has 2 aliphatic rings. The van der Waals surface area contributed by atoms with E-state index in [-0.39, 0.29) is 12.3 Å². The molecule has 1 aromatic heterocycles. The molecule has 0 amide bonds. The van der Waals surface area contributed by atoms with Gasteiger partial charge in [-0.15, -0.1) is 0 Å². The number of ether oxygens (including phenoxy) is 1. The van der Waals surface area contributed by atoms with Crippen LogP contribution in [0.15, 0.2) is 39.9 Å². The maximum Gasteiger partial charge on any atom is 0.269 e. The summed E-state index contributed by atoms with van der Waals surface area (Å²) in [6.45, 7) is 1.81. The molecule has 1 unspecified atom stereocenters. The molecule has 1 aromatic carbocycles. The summed E-state index contributed by atoms with van der Waals surface area (Å²) < 4.78 is 11.1.